The van der Waals surface area contributed by atoms with Crippen LogP contribution in [-0.4, -0.2) is 16.3 Å². The summed E-state index contributed by atoms with van der Waals surface area (Å²) in [6.45, 7) is 6.44. The molecule has 0 aliphatic carbocycles. The minimum atomic E-state index is 0.144. The molecule has 0 aromatic carbocycles. The predicted octanol–water partition coefficient (Wildman–Crippen LogP) is 2.65. The number of hydrogen-bond acceptors (Lipinski definition) is 2. The lowest BCUT2D eigenvalue weighted by Crippen LogP contribution is -2.38. The largest absolute Gasteiger partial charge is 0.306 e. The maximum Gasteiger partial charge on any atom is 0.0726 e. The van der Waals surface area contributed by atoms with Crippen LogP contribution in [0.1, 0.15) is 38.8 Å². The molecule has 0 saturated carbocycles. The number of nitrogens with one attached hydrogen (secondary N) is 1. The number of rotatable bonds is 3. The highest BCUT2D eigenvalue weighted by Crippen LogP contribution is 2.37. The average Bonchev–Trinajstić information content (AvgIpc) is 2.84. The van der Waals surface area contributed by atoms with Crippen molar-refractivity contribution in [2.24, 2.45) is 0 Å². The normalized spacial score (nSPS) is 26.1. The third-order valence-electron chi connectivity index (χ3n) is 3.39. The second kappa shape index (κ2) is 4.26. The zero-order chi connectivity index (χ0) is 10.9. The van der Waals surface area contributed by atoms with Gasteiger partial charge in [0.15, 0.2) is 0 Å². The average molecular weight is 272 g/mol. The summed E-state index contributed by atoms with van der Waals surface area (Å²) in [6.07, 6.45) is 5.51. The topological polar surface area (TPSA) is 29.9 Å². The van der Waals surface area contributed by atoms with Crippen LogP contribution in [0, 0.1) is 0 Å². The molecule has 1 saturated heterocycles. The van der Waals surface area contributed by atoms with Crippen LogP contribution < -0.4 is 5.32 Å². The molecule has 15 heavy (non-hydrogen) atoms. The Balaban J connectivity index is 2.45. The fraction of sp³-hybridized carbons (Fsp3) is 0.727. The van der Waals surface area contributed by atoms with Crippen LogP contribution in [-0.2, 0) is 12.1 Å². The summed E-state index contributed by atoms with van der Waals surface area (Å²) in [5.74, 6) is 0. The van der Waals surface area contributed by atoms with Gasteiger partial charge >= 0.3 is 0 Å². The molecule has 0 spiro atoms. The Morgan fingerprint density at radius 2 is 2.40 bits per heavy atom. The van der Waals surface area contributed by atoms with E-state index in [-0.39, 0.29) is 5.54 Å². The van der Waals surface area contributed by atoms with E-state index in [0.29, 0.717) is 0 Å². The Kier molecular flexibility index (Phi) is 3.16. The third-order valence-corrected chi connectivity index (χ3v) is 3.98. The van der Waals surface area contributed by atoms with Gasteiger partial charge < -0.3 is 5.32 Å². The Bertz CT molecular complexity index is 340. The van der Waals surface area contributed by atoms with E-state index in [9.17, 15) is 0 Å². The van der Waals surface area contributed by atoms with E-state index in [0.717, 1.165) is 24.0 Å². The number of halogens is 1. The predicted molar refractivity (Wildman–Crippen MR) is 64.8 cm³/mol. The fourth-order valence-electron chi connectivity index (χ4n) is 2.56. The maximum absolute atomic E-state index is 4.40. The Labute approximate surface area is 99.4 Å². The van der Waals surface area contributed by atoms with Gasteiger partial charge in [0.1, 0.15) is 0 Å². The SMILES string of the molecule is CCn1ncc(Br)c1C1(CC)CCCN1. The van der Waals surface area contributed by atoms with Crippen LogP contribution in [0.25, 0.3) is 0 Å². The van der Waals surface area contributed by atoms with Crippen molar-refractivity contribution in [3.8, 4) is 0 Å². The Hall–Kier alpha value is -0.350. The van der Waals surface area contributed by atoms with Crippen molar-refractivity contribution in [1.82, 2.24) is 15.1 Å². The van der Waals surface area contributed by atoms with Crippen molar-refractivity contribution in [3.63, 3.8) is 0 Å². The zero-order valence-electron chi connectivity index (χ0n) is 9.39. The number of aryl methyl sites for hydroxylation is 1. The van der Waals surface area contributed by atoms with E-state index >= 15 is 0 Å². The Morgan fingerprint density at radius 1 is 1.60 bits per heavy atom. The second-order valence-electron chi connectivity index (χ2n) is 4.12. The van der Waals surface area contributed by atoms with Gasteiger partial charge in [-0.15, -0.1) is 0 Å². The van der Waals surface area contributed by atoms with Crippen molar-refractivity contribution in [1.29, 1.82) is 0 Å². The molecule has 1 aliphatic rings. The van der Waals surface area contributed by atoms with Crippen LogP contribution >= 0.6 is 15.9 Å². The highest BCUT2D eigenvalue weighted by molar-refractivity contribution is 9.10. The number of aromatic nitrogens is 2. The molecule has 1 aromatic heterocycles. The molecule has 1 unspecified atom stereocenters. The summed E-state index contributed by atoms with van der Waals surface area (Å²) in [7, 11) is 0. The molecule has 1 atom stereocenters. The summed E-state index contributed by atoms with van der Waals surface area (Å²) < 4.78 is 3.24. The van der Waals surface area contributed by atoms with Crippen molar-refractivity contribution in [3.05, 3.63) is 16.4 Å². The van der Waals surface area contributed by atoms with Gasteiger partial charge in [-0.3, -0.25) is 4.68 Å². The molecule has 0 bridgehead atoms. The minimum absolute atomic E-state index is 0.144. The van der Waals surface area contributed by atoms with Gasteiger partial charge in [0.2, 0.25) is 0 Å². The number of nitrogens with zero attached hydrogens (tertiary/aromatic N) is 2. The third kappa shape index (κ3) is 1.74. The van der Waals surface area contributed by atoms with Gasteiger partial charge in [-0.1, -0.05) is 6.92 Å². The van der Waals surface area contributed by atoms with Crippen LogP contribution in [0.4, 0.5) is 0 Å². The van der Waals surface area contributed by atoms with Crippen LogP contribution in [0.15, 0.2) is 10.7 Å². The lowest BCUT2D eigenvalue weighted by Gasteiger charge is -2.29. The van der Waals surface area contributed by atoms with Crippen molar-refractivity contribution >= 4 is 15.9 Å². The first kappa shape index (κ1) is 11.1. The van der Waals surface area contributed by atoms with Crippen molar-refractivity contribution in [2.75, 3.05) is 6.54 Å². The molecule has 0 amide bonds. The quantitative estimate of drug-likeness (QED) is 0.916. The summed E-state index contributed by atoms with van der Waals surface area (Å²) >= 11 is 3.62. The van der Waals surface area contributed by atoms with E-state index in [1.165, 1.54) is 18.5 Å². The molecule has 2 rings (SSSR count). The van der Waals surface area contributed by atoms with E-state index in [1.54, 1.807) is 0 Å². The van der Waals surface area contributed by atoms with E-state index in [2.05, 4.69) is 44.9 Å². The summed E-state index contributed by atoms with van der Waals surface area (Å²) in [6, 6.07) is 0. The van der Waals surface area contributed by atoms with Gasteiger partial charge in [0, 0.05) is 6.54 Å². The van der Waals surface area contributed by atoms with E-state index < -0.39 is 0 Å². The van der Waals surface area contributed by atoms with Crippen molar-refractivity contribution < 1.29 is 0 Å². The monoisotopic (exact) mass is 271 g/mol. The molecule has 1 aliphatic heterocycles. The first-order chi connectivity index (χ1) is 7.23. The molecule has 3 nitrogen and oxygen atoms in total. The summed E-state index contributed by atoms with van der Waals surface area (Å²) in [5.41, 5.74) is 1.47. The fourth-order valence-corrected chi connectivity index (χ4v) is 3.23. The zero-order valence-corrected chi connectivity index (χ0v) is 11.0. The maximum atomic E-state index is 4.40. The highest BCUT2D eigenvalue weighted by atomic mass is 79.9. The molecular formula is C11H18BrN3. The van der Waals surface area contributed by atoms with Gasteiger partial charge in [-0.05, 0) is 48.7 Å². The lowest BCUT2D eigenvalue weighted by molar-refractivity contribution is 0.341. The second-order valence-corrected chi connectivity index (χ2v) is 4.98. The van der Waals surface area contributed by atoms with E-state index in [1.807, 2.05) is 6.20 Å². The Morgan fingerprint density at radius 3 is 2.93 bits per heavy atom. The molecule has 0 radical (unpaired) electrons. The van der Waals surface area contributed by atoms with Crippen LogP contribution in [0.2, 0.25) is 0 Å². The van der Waals surface area contributed by atoms with Gasteiger partial charge in [0.25, 0.3) is 0 Å². The molecular weight excluding hydrogens is 254 g/mol. The summed E-state index contributed by atoms with van der Waals surface area (Å²) in [4.78, 5) is 0. The highest BCUT2D eigenvalue weighted by Gasteiger charge is 2.37. The molecule has 84 valence electrons. The molecule has 1 N–H and O–H groups in total. The van der Waals surface area contributed by atoms with Gasteiger partial charge in [-0.2, -0.15) is 5.10 Å². The van der Waals surface area contributed by atoms with E-state index in [4.69, 9.17) is 0 Å². The van der Waals surface area contributed by atoms with Gasteiger partial charge in [0.05, 0.1) is 21.9 Å². The van der Waals surface area contributed by atoms with Gasteiger partial charge in [-0.25, -0.2) is 0 Å². The molecule has 2 heterocycles. The summed E-state index contributed by atoms with van der Waals surface area (Å²) in [5, 5.41) is 8.05. The first-order valence-corrected chi connectivity index (χ1v) is 6.49. The lowest BCUT2D eigenvalue weighted by atomic mass is 9.90. The molecule has 4 heteroatoms. The minimum Gasteiger partial charge on any atom is -0.306 e. The standard InChI is InChI=1S/C11H18BrN3/c1-3-11(6-5-7-13-11)10-9(12)8-14-15(10)4-2/h8,13H,3-7H2,1-2H3. The molecule has 1 aromatic rings. The smallest absolute Gasteiger partial charge is 0.0726 e. The van der Waals surface area contributed by atoms with Crippen LogP contribution in [0.5, 0.6) is 0 Å². The van der Waals surface area contributed by atoms with Crippen LogP contribution in [0.3, 0.4) is 0 Å². The van der Waals surface area contributed by atoms with Crippen molar-refractivity contribution in [2.45, 2.75) is 45.2 Å². The number of hydrogen-bond donors (Lipinski definition) is 1. The molecule has 1 fully saturated rings. The first-order valence-electron chi connectivity index (χ1n) is 5.70.